The Kier molecular flexibility index (Phi) is 3.35. The van der Waals surface area contributed by atoms with E-state index in [2.05, 4.69) is 4.98 Å². The van der Waals surface area contributed by atoms with Crippen LogP contribution in [0.5, 0.6) is 0 Å². The van der Waals surface area contributed by atoms with Crippen molar-refractivity contribution >= 4 is 5.78 Å². The van der Waals surface area contributed by atoms with Crippen LogP contribution in [-0.2, 0) is 18.3 Å². The van der Waals surface area contributed by atoms with E-state index in [0.29, 0.717) is 0 Å². The predicted molar refractivity (Wildman–Crippen MR) is 65.3 cm³/mol. The van der Waals surface area contributed by atoms with Crippen molar-refractivity contribution in [2.45, 2.75) is 12.5 Å². The number of hydrogen-bond acceptors (Lipinski definition) is 3. The Morgan fingerprint density at radius 2 is 2.12 bits per heavy atom. The summed E-state index contributed by atoms with van der Waals surface area (Å²) in [5, 5.41) is 0. The summed E-state index contributed by atoms with van der Waals surface area (Å²) in [6.45, 7) is 0. The van der Waals surface area contributed by atoms with Crippen molar-refractivity contribution in [2.24, 2.45) is 12.8 Å². The lowest BCUT2D eigenvalue weighted by Gasteiger charge is -2.10. The summed E-state index contributed by atoms with van der Waals surface area (Å²) in [4.78, 5) is 16.1. The highest BCUT2D eigenvalue weighted by atomic mass is 16.1. The first-order valence-corrected chi connectivity index (χ1v) is 5.48. The second kappa shape index (κ2) is 4.93. The molecule has 0 aliphatic rings. The number of aryl methyl sites for hydroxylation is 1. The summed E-state index contributed by atoms with van der Waals surface area (Å²) in [5.41, 5.74) is 6.76. The number of nitrogens with zero attached hydrogens (tertiary/aromatic N) is 2. The maximum atomic E-state index is 12.0. The molecule has 0 saturated carbocycles. The third-order valence-electron chi connectivity index (χ3n) is 2.76. The molecule has 0 radical (unpaired) electrons. The summed E-state index contributed by atoms with van der Waals surface area (Å²) in [5.74, 6) is 0.715. The number of rotatable bonds is 4. The number of nitrogens with two attached hydrogens (primary N) is 1. The van der Waals surface area contributed by atoms with Gasteiger partial charge in [-0.3, -0.25) is 4.79 Å². The fourth-order valence-electron chi connectivity index (χ4n) is 1.68. The van der Waals surface area contributed by atoms with Crippen molar-refractivity contribution in [3.05, 3.63) is 54.1 Å². The van der Waals surface area contributed by atoms with Gasteiger partial charge in [-0.1, -0.05) is 30.3 Å². The molecule has 0 spiro atoms. The van der Waals surface area contributed by atoms with Crippen molar-refractivity contribution in [1.82, 2.24) is 9.55 Å². The van der Waals surface area contributed by atoms with Crippen molar-refractivity contribution < 1.29 is 4.79 Å². The monoisotopic (exact) mass is 229 g/mol. The van der Waals surface area contributed by atoms with Crippen LogP contribution in [0.2, 0.25) is 0 Å². The molecule has 0 bridgehead atoms. The lowest BCUT2D eigenvalue weighted by Crippen LogP contribution is -2.24. The molecular weight excluding hydrogens is 214 g/mol. The largest absolute Gasteiger partial charge is 0.338 e. The molecule has 1 aromatic heterocycles. The van der Waals surface area contributed by atoms with E-state index in [1.165, 1.54) is 0 Å². The van der Waals surface area contributed by atoms with E-state index < -0.39 is 6.04 Å². The lowest BCUT2D eigenvalue weighted by atomic mass is 10.0. The van der Waals surface area contributed by atoms with Crippen molar-refractivity contribution in [3.8, 4) is 0 Å². The zero-order valence-corrected chi connectivity index (χ0v) is 9.71. The minimum Gasteiger partial charge on any atom is -0.338 e. The van der Waals surface area contributed by atoms with E-state index >= 15 is 0 Å². The molecule has 0 amide bonds. The van der Waals surface area contributed by atoms with Crippen molar-refractivity contribution in [1.29, 1.82) is 0 Å². The average molecular weight is 229 g/mol. The van der Waals surface area contributed by atoms with Gasteiger partial charge in [-0.25, -0.2) is 4.98 Å². The molecule has 1 atom stereocenters. The number of hydrogen-bond donors (Lipinski definition) is 1. The first kappa shape index (κ1) is 11.5. The van der Waals surface area contributed by atoms with Gasteiger partial charge in [0.1, 0.15) is 5.82 Å². The molecule has 4 heteroatoms. The van der Waals surface area contributed by atoms with Crippen LogP contribution < -0.4 is 5.73 Å². The Hall–Kier alpha value is -1.94. The number of ketones is 1. The van der Waals surface area contributed by atoms with Gasteiger partial charge in [-0.15, -0.1) is 0 Å². The van der Waals surface area contributed by atoms with Crippen molar-refractivity contribution in [3.63, 3.8) is 0 Å². The Balaban J connectivity index is 2.09. The first-order valence-electron chi connectivity index (χ1n) is 5.48. The zero-order chi connectivity index (χ0) is 12.3. The number of carbonyl (C=O) groups is 1. The first-order chi connectivity index (χ1) is 8.18. The lowest BCUT2D eigenvalue weighted by molar-refractivity contribution is -0.119. The fraction of sp³-hybridized carbons (Fsp3) is 0.231. The summed E-state index contributed by atoms with van der Waals surface area (Å²) in [7, 11) is 1.86. The van der Waals surface area contributed by atoms with Crippen LogP contribution in [0.4, 0.5) is 0 Å². The van der Waals surface area contributed by atoms with Crippen LogP contribution in [0.25, 0.3) is 0 Å². The van der Waals surface area contributed by atoms with Crippen LogP contribution >= 0.6 is 0 Å². The smallest absolute Gasteiger partial charge is 0.161 e. The molecule has 17 heavy (non-hydrogen) atoms. The summed E-state index contributed by atoms with van der Waals surface area (Å²) >= 11 is 0. The number of imidazole rings is 1. The molecule has 0 saturated heterocycles. The highest BCUT2D eigenvalue weighted by Gasteiger charge is 2.17. The molecule has 1 heterocycles. The summed E-state index contributed by atoms with van der Waals surface area (Å²) in [6, 6.07) is 8.81. The topological polar surface area (TPSA) is 60.9 Å². The fourth-order valence-corrected chi connectivity index (χ4v) is 1.68. The quantitative estimate of drug-likeness (QED) is 0.857. The molecule has 88 valence electrons. The predicted octanol–water partition coefficient (Wildman–Crippen LogP) is 1.23. The van der Waals surface area contributed by atoms with Crippen molar-refractivity contribution in [2.75, 3.05) is 0 Å². The summed E-state index contributed by atoms with van der Waals surface area (Å²) in [6.07, 6.45) is 3.76. The second-order valence-electron chi connectivity index (χ2n) is 3.99. The Labute approximate surface area is 100 Å². The van der Waals surface area contributed by atoms with E-state index in [-0.39, 0.29) is 12.2 Å². The van der Waals surface area contributed by atoms with Gasteiger partial charge in [0.2, 0.25) is 0 Å². The van der Waals surface area contributed by atoms with Crippen LogP contribution in [0.1, 0.15) is 17.4 Å². The molecule has 2 aromatic rings. The average Bonchev–Trinajstić information content (AvgIpc) is 2.75. The number of carbonyl (C=O) groups excluding carboxylic acids is 1. The van der Waals surface area contributed by atoms with Gasteiger partial charge in [0.05, 0.1) is 12.5 Å². The molecule has 0 fully saturated rings. The molecule has 1 aromatic carbocycles. The molecular formula is C13H15N3O. The summed E-state index contributed by atoms with van der Waals surface area (Å²) < 4.78 is 1.83. The number of aromatic nitrogens is 2. The molecule has 4 nitrogen and oxygen atoms in total. The zero-order valence-electron chi connectivity index (χ0n) is 9.71. The van der Waals surface area contributed by atoms with E-state index in [0.717, 1.165) is 11.4 Å². The van der Waals surface area contributed by atoms with Crippen LogP contribution in [0.15, 0.2) is 42.7 Å². The molecule has 2 rings (SSSR count). The van der Waals surface area contributed by atoms with E-state index in [1.54, 1.807) is 6.20 Å². The van der Waals surface area contributed by atoms with E-state index in [1.807, 2.05) is 48.1 Å². The van der Waals surface area contributed by atoms with Crippen LogP contribution in [0.3, 0.4) is 0 Å². The Morgan fingerprint density at radius 1 is 1.41 bits per heavy atom. The van der Waals surface area contributed by atoms with Gasteiger partial charge < -0.3 is 10.3 Å². The van der Waals surface area contributed by atoms with Gasteiger partial charge >= 0.3 is 0 Å². The van der Waals surface area contributed by atoms with Crippen LogP contribution in [-0.4, -0.2) is 15.3 Å². The van der Waals surface area contributed by atoms with E-state index in [9.17, 15) is 4.79 Å². The van der Waals surface area contributed by atoms with Gasteiger partial charge in [-0.05, 0) is 5.56 Å². The highest BCUT2D eigenvalue weighted by molar-refractivity contribution is 5.86. The maximum absolute atomic E-state index is 12.0. The minimum absolute atomic E-state index is 0.0227. The number of Topliss-reactive ketones (excluding diaryl/α,β-unsaturated/α-hetero) is 1. The normalized spacial score (nSPS) is 12.4. The SMILES string of the molecule is Cn1ccnc1CC(=O)[C@H](N)c1ccccc1. The van der Waals surface area contributed by atoms with Gasteiger partial charge in [0, 0.05) is 19.4 Å². The van der Waals surface area contributed by atoms with Gasteiger partial charge in [0.25, 0.3) is 0 Å². The molecule has 0 aliphatic heterocycles. The molecule has 0 aliphatic carbocycles. The second-order valence-corrected chi connectivity index (χ2v) is 3.99. The van der Waals surface area contributed by atoms with E-state index in [4.69, 9.17) is 5.73 Å². The molecule has 2 N–H and O–H groups in total. The third-order valence-corrected chi connectivity index (χ3v) is 2.76. The third kappa shape index (κ3) is 2.60. The standard InChI is InChI=1S/C13H15N3O/c1-16-8-7-15-12(16)9-11(17)13(14)10-5-3-2-4-6-10/h2-8,13H,9,14H2,1H3/t13-/m1/s1. The Bertz CT molecular complexity index is 504. The Morgan fingerprint density at radius 3 is 2.71 bits per heavy atom. The maximum Gasteiger partial charge on any atom is 0.161 e. The van der Waals surface area contributed by atoms with Gasteiger partial charge in [-0.2, -0.15) is 0 Å². The number of benzene rings is 1. The molecule has 0 unspecified atom stereocenters. The minimum atomic E-state index is -0.576. The highest BCUT2D eigenvalue weighted by Crippen LogP contribution is 2.12. The van der Waals surface area contributed by atoms with Gasteiger partial charge in [0.15, 0.2) is 5.78 Å². The van der Waals surface area contributed by atoms with Crippen LogP contribution in [0, 0.1) is 0 Å².